The summed E-state index contributed by atoms with van der Waals surface area (Å²) in [6.07, 6.45) is 1.01. The minimum atomic E-state index is 0.477. The van der Waals surface area contributed by atoms with Crippen molar-refractivity contribution >= 4 is 11.6 Å². The Morgan fingerprint density at radius 3 is 2.77 bits per heavy atom. The fourth-order valence-corrected chi connectivity index (χ4v) is 2.29. The standard InChI is InChI=1S/C18H22ClNO2/c1-21-11-5-10-20-13-15-6-4-8-17(12-15)22-14-16-7-2-3-9-18(16)19/h2-4,6-9,12,20H,5,10-11,13-14H2,1H3. The van der Waals surface area contributed by atoms with Crippen LogP contribution in [0.25, 0.3) is 0 Å². The first-order valence-electron chi connectivity index (χ1n) is 7.44. The number of ether oxygens (including phenoxy) is 2. The predicted molar refractivity (Wildman–Crippen MR) is 90.4 cm³/mol. The molecule has 0 heterocycles. The summed E-state index contributed by atoms with van der Waals surface area (Å²) in [5.74, 6) is 0.858. The fourth-order valence-electron chi connectivity index (χ4n) is 2.10. The molecule has 0 fully saturated rings. The van der Waals surface area contributed by atoms with Crippen molar-refractivity contribution in [2.75, 3.05) is 20.3 Å². The summed E-state index contributed by atoms with van der Waals surface area (Å²) in [4.78, 5) is 0. The summed E-state index contributed by atoms with van der Waals surface area (Å²) < 4.78 is 10.9. The second kappa shape index (κ2) is 9.46. The van der Waals surface area contributed by atoms with Crippen molar-refractivity contribution < 1.29 is 9.47 Å². The topological polar surface area (TPSA) is 30.5 Å². The highest BCUT2D eigenvalue weighted by atomic mass is 35.5. The molecule has 22 heavy (non-hydrogen) atoms. The Morgan fingerprint density at radius 2 is 1.95 bits per heavy atom. The molecule has 0 aliphatic heterocycles. The molecular formula is C18H22ClNO2. The van der Waals surface area contributed by atoms with Crippen molar-refractivity contribution in [3.8, 4) is 5.75 Å². The molecule has 0 aliphatic rings. The number of methoxy groups -OCH3 is 1. The van der Waals surface area contributed by atoms with E-state index < -0.39 is 0 Å². The summed E-state index contributed by atoms with van der Waals surface area (Å²) in [6.45, 7) is 3.03. The Bertz CT molecular complexity index is 575. The molecule has 2 aromatic carbocycles. The average Bonchev–Trinajstić information content (AvgIpc) is 2.54. The summed E-state index contributed by atoms with van der Waals surface area (Å²) >= 11 is 6.13. The number of nitrogens with one attached hydrogen (secondary N) is 1. The molecule has 0 aliphatic carbocycles. The maximum atomic E-state index is 6.13. The second-order valence-electron chi connectivity index (χ2n) is 5.05. The van der Waals surface area contributed by atoms with Gasteiger partial charge in [-0.15, -0.1) is 0 Å². The molecular weight excluding hydrogens is 298 g/mol. The molecule has 2 aromatic rings. The van der Waals surface area contributed by atoms with E-state index in [9.17, 15) is 0 Å². The van der Waals surface area contributed by atoms with Gasteiger partial charge in [-0.1, -0.05) is 41.9 Å². The van der Waals surface area contributed by atoms with Crippen LogP contribution in [-0.4, -0.2) is 20.3 Å². The Kier molecular flexibility index (Phi) is 7.23. The SMILES string of the molecule is COCCCNCc1cccc(OCc2ccccc2Cl)c1. The van der Waals surface area contributed by atoms with Gasteiger partial charge in [0.05, 0.1) is 0 Å². The van der Waals surface area contributed by atoms with E-state index in [2.05, 4.69) is 17.4 Å². The molecule has 3 nitrogen and oxygen atoms in total. The molecule has 0 bridgehead atoms. The fraction of sp³-hybridized carbons (Fsp3) is 0.333. The van der Waals surface area contributed by atoms with Crippen LogP contribution in [0.5, 0.6) is 5.75 Å². The van der Waals surface area contributed by atoms with Crippen molar-refractivity contribution in [1.82, 2.24) is 5.32 Å². The molecule has 4 heteroatoms. The molecule has 0 spiro atoms. The van der Waals surface area contributed by atoms with E-state index >= 15 is 0 Å². The lowest BCUT2D eigenvalue weighted by Crippen LogP contribution is -2.16. The number of rotatable bonds is 9. The van der Waals surface area contributed by atoms with Gasteiger partial charge in [0.1, 0.15) is 12.4 Å². The van der Waals surface area contributed by atoms with Crippen molar-refractivity contribution in [1.29, 1.82) is 0 Å². The molecule has 0 radical (unpaired) electrons. The monoisotopic (exact) mass is 319 g/mol. The summed E-state index contributed by atoms with van der Waals surface area (Å²) in [5.41, 5.74) is 2.20. The van der Waals surface area contributed by atoms with Crippen LogP contribution >= 0.6 is 11.6 Å². The summed E-state index contributed by atoms with van der Waals surface area (Å²) in [5, 5.41) is 4.12. The molecule has 0 aromatic heterocycles. The van der Waals surface area contributed by atoms with Gasteiger partial charge in [0.25, 0.3) is 0 Å². The summed E-state index contributed by atoms with van der Waals surface area (Å²) in [6, 6.07) is 15.8. The largest absolute Gasteiger partial charge is 0.489 e. The molecule has 0 atom stereocenters. The molecule has 0 unspecified atom stereocenters. The molecule has 118 valence electrons. The highest BCUT2D eigenvalue weighted by molar-refractivity contribution is 6.31. The first-order valence-corrected chi connectivity index (χ1v) is 7.82. The molecule has 0 amide bonds. The number of hydrogen-bond donors (Lipinski definition) is 1. The van der Waals surface area contributed by atoms with Crippen LogP contribution in [0.1, 0.15) is 17.5 Å². The quantitative estimate of drug-likeness (QED) is 0.707. The van der Waals surface area contributed by atoms with E-state index in [1.165, 1.54) is 5.56 Å². The number of benzene rings is 2. The lowest BCUT2D eigenvalue weighted by molar-refractivity contribution is 0.194. The van der Waals surface area contributed by atoms with E-state index in [-0.39, 0.29) is 0 Å². The Morgan fingerprint density at radius 1 is 1.09 bits per heavy atom. The number of hydrogen-bond acceptors (Lipinski definition) is 3. The van der Waals surface area contributed by atoms with Gasteiger partial charge in [-0.25, -0.2) is 0 Å². The van der Waals surface area contributed by atoms with Gasteiger partial charge in [0.2, 0.25) is 0 Å². The lowest BCUT2D eigenvalue weighted by Gasteiger charge is -2.10. The zero-order chi connectivity index (χ0) is 15.6. The van der Waals surface area contributed by atoms with Crippen LogP contribution in [0.15, 0.2) is 48.5 Å². The van der Waals surface area contributed by atoms with E-state index in [0.29, 0.717) is 6.61 Å². The smallest absolute Gasteiger partial charge is 0.120 e. The van der Waals surface area contributed by atoms with E-state index in [1.54, 1.807) is 7.11 Å². The van der Waals surface area contributed by atoms with Crippen LogP contribution in [0.3, 0.4) is 0 Å². The Labute approximate surface area is 137 Å². The third-order valence-corrected chi connectivity index (χ3v) is 3.65. The van der Waals surface area contributed by atoms with Gasteiger partial charge < -0.3 is 14.8 Å². The van der Waals surface area contributed by atoms with Gasteiger partial charge in [0, 0.05) is 30.8 Å². The highest BCUT2D eigenvalue weighted by Crippen LogP contribution is 2.19. The molecule has 1 N–H and O–H groups in total. The maximum Gasteiger partial charge on any atom is 0.120 e. The average molecular weight is 320 g/mol. The van der Waals surface area contributed by atoms with Crippen LogP contribution in [0.2, 0.25) is 5.02 Å². The lowest BCUT2D eigenvalue weighted by atomic mass is 10.2. The van der Waals surface area contributed by atoms with E-state index in [1.807, 2.05) is 36.4 Å². The second-order valence-corrected chi connectivity index (χ2v) is 5.46. The minimum Gasteiger partial charge on any atom is -0.489 e. The third kappa shape index (κ3) is 5.68. The first-order chi connectivity index (χ1) is 10.8. The van der Waals surface area contributed by atoms with Crippen molar-refractivity contribution in [2.45, 2.75) is 19.6 Å². The van der Waals surface area contributed by atoms with Crippen LogP contribution < -0.4 is 10.1 Å². The van der Waals surface area contributed by atoms with Gasteiger partial charge in [-0.2, -0.15) is 0 Å². The van der Waals surface area contributed by atoms with Gasteiger partial charge in [-0.3, -0.25) is 0 Å². The highest BCUT2D eigenvalue weighted by Gasteiger charge is 2.01. The molecule has 2 rings (SSSR count). The third-order valence-electron chi connectivity index (χ3n) is 3.28. The Balaban J connectivity index is 1.82. The van der Waals surface area contributed by atoms with Gasteiger partial charge in [0.15, 0.2) is 0 Å². The zero-order valence-electron chi connectivity index (χ0n) is 12.8. The zero-order valence-corrected chi connectivity index (χ0v) is 13.6. The van der Waals surface area contributed by atoms with Crippen molar-refractivity contribution in [3.63, 3.8) is 0 Å². The van der Waals surface area contributed by atoms with Crippen molar-refractivity contribution in [2.24, 2.45) is 0 Å². The van der Waals surface area contributed by atoms with Gasteiger partial charge >= 0.3 is 0 Å². The van der Waals surface area contributed by atoms with Gasteiger partial charge in [-0.05, 0) is 36.7 Å². The van der Waals surface area contributed by atoms with Crippen LogP contribution in [0, 0.1) is 0 Å². The maximum absolute atomic E-state index is 6.13. The molecule has 0 saturated carbocycles. The van der Waals surface area contributed by atoms with E-state index in [4.69, 9.17) is 21.1 Å². The minimum absolute atomic E-state index is 0.477. The first kappa shape index (κ1) is 16.8. The van der Waals surface area contributed by atoms with E-state index in [0.717, 1.165) is 42.5 Å². The predicted octanol–water partition coefficient (Wildman–Crippen LogP) is 4.05. The number of halogens is 1. The van der Waals surface area contributed by atoms with Crippen LogP contribution in [-0.2, 0) is 17.9 Å². The summed E-state index contributed by atoms with van der Waals surface area (Å²) in [7, 11) is 1.72. The van der Waals surface area contributed by atoms with Crippen LogP contribution in [0.4, 0.5) is 0 Å². The molecule has 0 saturated heterocycles. The Hall–Kier alpha value is -1.55. The normalized spacial score (nSPS) is 10.6. The van der Waals surface area contributed by atoms with Crippen molar-refractivity contribution in [3.05, 3.63) is 64.7 Å².